The van der Waals surface area contributed by atoms with Crippen molar-refractivity contribution in [2.75, 3.05) is 0 Å². The highest BCUT2D eigenvalue weighted by molar-refractivity contribution is 6.30. The molecular formula is C29H27ClFN3O3. The molecule has 2 amide bonds. The highest BCUT2D eigenvalue weighted by atomic mass is 35.5. The Labute approximate surface area is 219 Å². The molecule has 2 atom stereocenters. The third-order valence-electron chi connectivity index (χ3n) is 6.94. The second kappa shape index (κ2) is 10.7. The third kappa shape index (κ3) is 5.24. The monoisotopic (exact) mass is 519 g/mol. The van der Waals surface area contributed by atoms with Crippen LogP contribution in [0.2, 0.25) is 5.02 Å². The van der Waals surface area contributed by atoms with Gasteiger partial charge in [-0.05, 0) is 54.3 Å². The Morgan fingerprint density at radius 3 is 2.76 bits per heavy atom. The Morgan fingerprint density at radius 2 is 1.92 bits per heavy atom. The van der Waals surface area contributed by atoms with Gasteiger partial charge in [0.05, 0.1) is 17.2 Å². The molecule has 8 heteroatoms. The molecule has 0 spiro atoms. The van der Waals surface area contributed by atoms with Gasteiger partial charge in [0.2, 0.25) is 5.91 Å². The Hall–Kier alpha value is -3.68. The van der Waals surface area contributed by atoms with Crippen LogP contribution in [0.1, 0.15) is 40.7 Å². The summed E-state index contributed by atoms with van der Waals surface area (Å²) in [5.41, 5.74) is 9.99. The van der Waals surface area contributed by atoms with Crippen molar-refractivity contribution in [3.8, 4) is 11.1 Å². The molecule has 190 valence electrons. The van der Waals surface area contributed by atoms with E-state index in [2.05, 4.69) is 10.6 Å². The molecule has 5 rings (SSSR count). The number of halogens is 2. The van der Waals surface area contributed by atoms with Gasteiger partial charge in [-0.3, -0.25) is 9.59 Å². The Bertz CT molecular complexity index is 1470. The van der Waals surface area contributed by atoms with Crippen LogP contribution >= 0.6 is 11.6 Å². The number of fused-ring (bicyclic) bond motifs is 1. The quantitative estimate of drug-likeness (QED) is 0.297. The topological polar surface area (TPSA) is 97.4 Å². The molecule has 4 aromatic rings. The van der Waals surface area contributed by atoms with E-state index in [1.54, 1.807) is 24.5 Å². The van der Waals surface area contributed by atoms with E-state index in [4.69, 9.17) is 21.8 Å². The van der Waals surface area contributed by atoms with Crippen LogP contribution < -0.4 is 16.4 Å². The lowest BCUT2D eigenvalue weighted by molar-refractivity contribution is -0.125. The summed E-state index contributed by atoms with van der Waals surface area (Å²) >= 11 is 5.84. The van der Waals surface area contributed by atoms with Gasteiger partial charge in [-0.25, -0.2) is 4.39 Å². The fourth-order valence-electron chi connectivity index (χ4n) is 4.99. The summed E-state index contributed by atoms with van der Waals surface area (Å²) in [6.45, 7) is 0.440. The van der Waals surface area contributed by atoms with E-state index in [0.29, 0.717) is 36.1 Å². The molecular weight excluding hydrogens is 493 g/mol. The minimum absolute atomic E-state index is 0.0152. The number of hydrogen-bond acceptors (Lipinski definition) is 4. The van der Waals surface area contributed by atoms with E-state index < -0.39 is 11.7 Å². The highest BCUT2D eigenvalue weighted by Gasteiger charge is 2.34. The molecule has 37 heavy (non-hydrogen) atoms. The number of carbonyl (C=O) groups excluding carboxylic acids is 2. The lowest BCUT2D eigenvalue weighted by Gasteiger charge is -2.21. The minimum atomic E-state index is -0.539. The molecule has 0 saturated heterocycles. The van der Waals surface area contributed by atoms with Crippen molar-refractivity contribution in [3.05, 3.63) is 94.5 Å². The lowest BCUT2D eigenvalue weighted by Crippen LogP contribution is -2.43. The maximum absolute atomic E-state index is 14.2. The Kier molecular flexibility index (Phi) is 7.26. The average molecular weight is 520 g/mol. The van der Waals surface area contributed by atoms with Gasteiger partial charge in [0, 0.05) is 41.2 Å². The first-order chi connectivity index (χ1) is 17.9. The van der Waals surface area contributed by atoms with E-state index >= 15 is 0 Å². The summed E-state index contributed by atoms with van der Waals surface area (Å²) in [4.78, 5) is 26.3. The fraction of sp³-hybridized carbons (Fsp3) is 0.241. The van der Waals surface area contributed by atoms with E-state index in [1.807, 2.05) is 36.4 Å². The van der Waals surface area contributed by atoms with Crippen molar-refractivity contribution in [1.29, 1.82) is 0 Å². The third-order valence-corrected chi connectivity index (χ3v) is 7.23. The number of nitrogens with one attached hydrogen (secondary N) is 2. The standard InChI is InChI=1S/C29H27ClFN3O3/c30-24-8-2-6-20(26(24)31)16-33-29(36)22-7-3-9-25(22)34-28(35)21-13-19-10-11-37-27(19)23(14-21)18-5-1-4-17(12-18)15-32/h1-2,4-6,8,10-14,22,25H,3,7,9,15-16,32H2,(H,33,36)(H,34,35). The van der Waals surface area contributed by atoms with Crippen LogP contribution in [-0.4, -0.2) is 17.9 Å². The maximum Gasteiger partial charge on any atom is 0.251 e. The van der Waals surface area contributed by atoms with Gasteiger partial charge in [0.1, 0.15) is 11.4 Å². The van der Waals surface area contributed by atoms with Crippen molar-refractivity contribution in [2.24, 2.45) is 11.7 Å². The van der Waals surface area contributed by atoms with Crippen molar-refractivity contribution in [2.45, 2.75) is 38.4 Å². The zero-order valence-electron chi connectivity index (χ0n) is 20.1. The van der Waals surface area contributed by atoms with E-state index in [0.717, 1.165) is 28.5 Å². The molecule has 1 aromatic heterocycles. The van der Waals surface area contributed by atoms with Crippen molar-refractivity contribution < 1.29 is 18.4 Å². The summed E-state index contributed by atoms with van der Waals surface area (Å²) in [5.74, 6) is -1.41. The molecule has 1 aliphatic carbocycles. The first-order valence-electron chi connectivity index (χ1n) is 12.3. The highest BCUT2D eigenvalue weighted by Crippen LogP contribution is 2.32. The van der Waals surface area contributed by atoms with Crippen LogP contribution in [0.25, 0.3) is 22.1 Å². The van der Waals surface area contributed by atoms with Gasteiger partial charge in [-0.15, -0.1) is 0 Å². The summed E-state index contributed by atoms with van der Waals surface area (Å²) in [6, 6.07) is 17.6. The number of amides is 2. The average Bonchev–Trinajstić information content (AvgIpc) is 3.58. The normalized spacial score (nSPS) is 17.2. The van der Waals surface area contributed by atoms with E-state index in [1.165, 1.54) is 6.07 Å². The molecule has 0 bridgehead atoms. The van der Waals surface area contributed by atoms with Gasteiger partial charge in [0.15, 0.2) is 0 Å². The van der Waals surface area contributed by atoms with Crippen LogP contribution in [-0.2, 0) is 17.9 Å². The Morgan fingerprint density at radius 1 is 1.08 bits per heavy atom. The Balaban J connectivity index is 1.33. The molecule has 2 unspecified atom stereocenters. The largest absolute Gasteiger partial charge is 0.464 e. The van der Waals surface area contributed by atoms with Crippen LogP contribution in [0.3, 0.4) is 0 Å². The van der Waals surface area contributed by atoms with E-state index in [-0.39, 0.29) is 29.4 Å². The first-order valence-corrected chi connectivity index (χ1v) is 12.6. The number of nitrogens with two attached hydrogens (primary N) is 1. The predicted molar refractivity (Wildman–Crippen MR) is 141 cm³/mol. The first kappa shape index (κ1) is 25.0. The van der Waals surface area contributed by atoms with Crippen LogP contribution in [0.5, 0.6) is 0 Å². The molecule has 1 heterocycles. The molecule has 6 nitrogen and oxygen atoms in total. The SMILES string of the molecule is NCc1cccc(-c2cc(C(=O)NC3CCCC3C(=O)NCc3cccc(Cl)c3F)cc3ccoc23)c1. The van der Waals surface area contributed by atoms with Gasteiger partial charge in [-0.1, -0.05) is 48.4 Å². The fourth-order valence-corrected chi connectivity index (χ4v) is 5.18. The molecule has 0 aliphatic heterocycles. The summed E-state index contributed by atoms with van der Waals surface area (Å²) < 4.78 is 19.9. The van der Waals surface area contributed by atoms with Gasteiger partial charge < -0.3 is 20.8 Å². The molecule has 3 aromatic carbocycles. The predicted octanol–water partition coefficient (Wildman–Crippen LogP) is 5.57. The second-order valence-corrected chi connectivity index (χ2v) is 9.72. The number of benzene rings is 3. The maximum atomic E-state index is 14.2. The lowest BCUT2D eigenvalue weighted by atomic mass is 9.97. The van der Waals surface area contributed by atoms with Gasteiger partial charge in [0.25, 0.3) is 5.91 Å². The molecule has 0 radical (unpaired) electrons. The number of carbonyl (C=O) groups is 2. The van der Waals surface area contributed by atoms with Crippen LogP contribution in [0.15, 0.2) is 71.3 Å². The zero-order chi connectivity index (χ0) is 25.9. The molecule has 1 saturated carbocycles. The van der Waals surface area contributed by atoms with E-state index in [9.17, 15) is 14.0 Å². The number of hydrogen-bond donors (Lipinski definition) is 3. The number of furan rings is 1. The number of rotatable bonds is 7. The molecule has 4 N–H and O–H groups in total. The van der Waals surface area contributed by atoms with Crippen molar-refractivity contribution in [3.63, 3.8) is 0 Å². The smallest absolute Gasteiger partial charge is 0.251 e. The summed E-state index contributed by atoms with van der Waals surface area (Å²) in [5, 5.41) is 6.69. The zero-order valence-corrected chi connectivity index (χ0v) is 20.9. The molecule has 1 fully saturated rings. The minimum Gasteiger partial charge on any atom is -0.464 e. The second-order valence-electron chi connectivity index (χ2n) is 9.32. The van der Waals surface area contributed by atoms with Crippen molar-refractivity contribution in [1.82, 2.24) is 10.6 Å². The molecule has 1 aliphatic rings. The van der Waals surface area contributed by atoms with Gasteiger partial charge in [-0.2, -0.15) is 0 Å². The van der Waals surface area contributed by atoms with Crippen LogP contribution in [0, 0.1) is 11.7 Å². The summed E-state index contributed by atoms with van der Waals surface area (Å²) in [6.07, 6.45) is 3.75. The van der Waals surface area contributed by atoms with Gasteiger partial charge >= 0.3 is 0 Å². The summed E-state index contributed by atoms with van der Waals surface area (Å²) in [7, 11) is 0. The van der Waals surface area contributed by atoms with Crippen LogP contribution in [0.4, 0.5) is 4.39 Å². The van der Waals surface area contributed by atoms with Crippen molar-refractivity contribution >= 4 is 34.4 Å².